The zero-order valence-corrected chi connectivity index (χ0v) is 17.6. The summed E-state index contributed by atoms with van der Waals surface area (Å²) in [5, 5.41) is 0. The van der Waals surface area contributed by atoms with Gasteiger partial charge in [0.05, 0.1) is 22.4 Å². The molecule has 0 atom stereocenters. The number of carbonyl (C=O) groups excluding carboxylic acids is 1. The number of hydrogen-bond donors (Lipinski definition) is 0. The predicted octanol–water partition coefficient (Wildman–Crippen LogP) is 5.29. The number of amides is 1. The van der Waals surface area contributed by atoms with Crippen LogP contribution >= 0.6 is 0 Å². The van der Waals surface area contributed by atoms with Crippen LogP contribution in [0.15, 0.2) is 66.9 Å². The molecule has 1 fully saturated rings. The van der Waals surface area contributed by atoms with E-state index < -0.39 is 0 Å². The smallest absolute Gasteiger partial charge is 0.253 e. The van der Waals surface area contributed by atoms with Crippen LogP contribution in [0.2, 0.25) is 0 Å². The third-order valence-corrected chi connectivity index (χ3v) is 5.77. The summed E-state index contributed by atoms with van der Waals surface area (Å²) in [5.74, 6) is 0.0804. The molecule has 5 nitrogen and oxygen atoms in total. The van der Waals surface area contributed by atoms with Crippen molar-refractivity contribution >= 4 is 16.9 Å². The molecule has 0 radical (unpaired) electrons. The number of benzene rings is 2. The van der Waals surface area contributed by atoms with Gasteiger partial charge in [-0.3, -0.25) is 9.78 Å². The molecule has 4 aromatic rings. The maximum atomic E-state index is 13.0. The summed E-state index contributed by atoms with van der Waals surface area (Å²) in [6, 6.07) is 19.7. The van der Waals surface area contributed by atoms with E-state index in [4.69, 9.17) is 9.97 Å². The van der Waals surface area contributed by atoms with E-state index in [2.05, 4.69) is 4.98 Å². The van der Waals surface area contributed by atoms with Crippen molar-refractivity contribution in [1.82, 2.24) is 19.9 Å². The Labute approximate surface area is 181 Å². The maximum absolute atomic E-state index is 13.0. The van der Waals surface area contributed by atoms with E-state index >= 15 is 0 Å². The number of nitrogens with zero attached hydrogens (tertiary/aromatic N) is 4. The van der Waals surface area contributed by atoms with E-state index in [9.17, 15) is 4.79 Å². The summed E-state index contributed by atoms with van der Waals surface area (Å²) < 4.78 is 0. The molecule has 0 spiro atoms. The number of pyridine rings is 1. The Morgan fingerprint density at radius 1 is 0.806 bits per heavy atom. The van der Waals surface area contributed by atoms with Crippen molar-refractivity contribution in [3.8, 4) is 22.5 Å². The lowest BCUT2D eigenvalue weighted by Gasteiger charge is -2.26. The second kappa shape index (κ2) is 8.26. The highest BCUT2D eigenvalue weighted by Crippen LogP contribution is 2.31. The van der Waals surface area contributed by atoms with E-state index in [-0.39, 0.29) is 5.91 Å². The Hall–Kier alpha value is -3.60. The number of rotatable bonds is 3. The monoisotopic (exact) mass is 408 g/mol. The van der Waals surface area contributed by atoms with Crippen LogP contribution in [0.3, 0.4) is 0 Å². The van der Waals surface area contributed by atoms with Crippen LogP contribution in [0.5, 0.6) is 0 Å². The van der Waals surface area contributed by atoms with Crippen molar-refractivity contribution in [3.05, 3.63) is 78.1 Å². The number of carbonyl (C=O) groups is 1. The Morgan fingerprint density at radius 3 is 2.32 bits per heavy atom. The van der Waals surface area contributed by atoms with Crippen LogP contribution < -0.4 is 0 Å². The van der Waals surface area contributed by atoms with Gasteiger partial charge in [-0.15, -0.1) is 0 Å². The van der Waals surface area contributed by atoms with Crippen LogP contribution in [-0.2, 0) is 0 Å². The fourth-order valence-corrected chi connectivity index (χ4v) is 4.16. The zero-order valence-electron chi connectivity index (χ0n) is 17.6. The molecular formula is C26H24N4O. The van der Waals surface area contributed by atoms with Gasteiger partial charge in [-0.25, -0.2) is 9.97 Å². The van der Waals surface area contributed by atoms with Gasteiger partial charge in [0.1, 0.15) is 0 Å². The van der Waals surface area contributed by atoms with Crippen molar-refractivity contribution in [2.45, 2.75) is 26.2 Å². The van der Waals surface area contributed by atoms with Crippen LogP contribution in [0.4, 0.5) is 0 Å². The molecule has 2 aromatic heterocycles. The summed E-state index contributed by atoms with van der Waals surface area (Å²) in [5.41, 5.74) is 6.71. The second-order valence-corrected chi connectivity index (χ2v) is 8.03. The van der Waals surface area contributed by atoms with Gasteiger partial charge in [0, 0.05) is 41.7 Å². The first-order valence-electron chi connectivity index (χ1n) is 10.8. The maximum Gasteiger partial charge on any atom is 0.253 e. The van der Waals surface area contributed by atoms with Crippen LogP contribution in [-0.4, -0.2) is 38.8 Å². The molecule has 154 valence electrons. The molecule has 0 bridgehead atoms. The third-order valence-electron chi connectivity index (χ3n) is 5.77. The lowest BCUT2D eigenvalue weighted by molar-refractivity contribution is 0.0724. The molecule has 1 aliphatic heterocycles. The summed E-state index contributed by atoms with van der Waals surface area (Å²) in [6.07, 6.45) is 5.14. The third kappa shape index (κ3) is 3.91. The average molecular weight is 409 g/mol. The van der Waals surface area contributed by atoms with Gasteiger partial charge in [-0.2, -0.15) is 0 Å². The molecule has 5 rings (SSSR count). The number of piperidine rings is 1. The van der Waals surface area contributed by atoms with E-state index in [1.807, 2.05) is 72.5 Å². The van der Waals surface area contributed by atoms with Crippen molar-refractivity contribution in [3.63, 3.8) is 0 Å². The highest BCUT2D eigenvalue weighted by Gasteiger charge is 2.20. The van der Waals surface area contributed by atoms with E-state index in [0.717, 1.165) is 65.2 Å². The summed E-state index contributed by atoms with van der Waals surface area (Å²) in [7, 11) is 0. The Kier molecular flexibility index (Phi) is 5.16. The molecule has 2 aromatic carbocycles. The molecule has 0 saturated carbocycles. The minimum absolute atomic E-state index is 0.0804. The fraction of sp³-hybridized carbons (Fsp3) is 0.231. The lowest BCUT2D eigenvalue weighted by Crippen LogP contribution is -2.35. The first-order chi connectivity index (χ1) is 15.2. The lowest BCUT2D eigenvalue weighted by atomic mass is 10.0. The number of aryl methyl sites for hydroxylation is 1. The first-order valence-corrected chi connectivity index (χ1v) is 10.8. The second-order valence-electron chi connectivity index (χ2n) is 8.03. The zero-order chi connectivity index (χ0) is 21.2. The standard InChI is InChI=1S/C26H24N4O/c1-18-16-20(12-13-27-18)25-24(19-8-4-2-5-9-19)28-22-11-10-21(17-23(22)29-25)26(31)30-14-6-3-7-15-30/h2,4-5,8-13,16-17H,3,6-7,14-15H2,1H3. The summed E-state index contributed by atoms with van der Waals surface area (Å²) in [6.45, 7) is 3.63. The van der Waals surface area contributed by atoms with Gasteiger partial charge in [-0.05, 0) is 56.5 Å². The predicted molar refractivity (Wildman–Crippen MR) is 123 cm³/mol. The van der Waals surface area contributed by atoms with Gasteiger partial charge in [0.15, 0.2) is 0 Å². The molecule has 1 saturated heterocycles. The number of likely N-dealkylation sites (tertiary alicyclic amines) is 1. The van der Waals surface area contributed by atoms with Crippen LogP contribution in [0.1, 0.15) is 35.3 Å². The van der Waals surface area contributed by atoms with E-state index in [0.29, 0.717) is 5.56 Å². The molecule has 1 aliphatic rings. The quantitative estimate of drug-likeness (QED) is 0.462. The topological polar surface area (TPSA) is 59.0 Å². The number of hydrogen-bond acceptors (Lipinski definition) is 4. The number of fused-ring (bicyclic) bond motifs is 1. The Balaban J connectivity index is 1.65. The first kappa shape index (κ1) is 19.4. The molecule has 3 heterocycles. The van der Waals surface area contributed by atoms with E-state index in [1.165, 1.54) is 6.42 Å². The van der Waals surface area contributed by atoms with Crippen LogP contribution in [0, 0.1) is 6.92 Å². The average Bonchev–Trinajstić information content (AvgIpc) is 2.83. The summed E-state index contributed by atoms with van der Waals surface area (Å²) >= 11 is 0. The highest BCUT2D eigenvalue weighted by atomic mass is 16.2. The Morgan fingerprint density at radius 2 is 1.55 bits per heavy atom. The Bertz CT molecular complexity index is 1250. The van der Waals surface area contributed by atoms with Gasteiger partial charge < -0.3 is 4.90 Å². The van der Waals surface area contributed by atoms with Crippen molar-refractivity contribution in [1.29, 1.82) is 0 Å². The molecule has 0 unspecified atom stereocenters. The summed E-state index contributed by atoms with van der Waals surface area (Å²) in [4.78, 5) is 29.2. The van der Waals surface area contributed by atoms with Gasteiger partial charge >= 0.3 is 0 Å². The van der Waals surface area contributed by atoms with Crippen LogP contribution in [0.25, 0.3) is 33.5 Å². The largest absolute Gasteiger partial charge is 0.339 e. The van der Waals surface area contributed by atoms with Crippen molar-refractivity contribution < 1.29 is 4.79 Å². The van der Waals surface area contributed by atoms with Crippen molar-refractivity contribution in [2.24, 2.45) is 0 Å². The fourth-order valence-electron chi connectivity index (χ4n) is 4.16. The highest BCUT2D eigenvalue weighted by molar-refractivity contribution is 5.98. The van der Waals surface area contributed by atoms with Gasteiger partial charge in [0.25, 0.3) is 5.91 Å². The van der Waals surface area contributed by atoms with E-state index in [1.54, 1.807) is 6.20 Å². The minimum atomic E-state index is 0.0804. The van der Waals surface area contributed by atoms with Crippen molar-refractivity contribution in [2.75, 3.05) is 13.1 Å². The molecule has 5 heteroatoms. The molecular weight excluding hydrogens is 384 g/mol. The number of aromatic nitrogens is 3. The van der Waals surface area contributed by atoms with Gasteiger partial charge in [0.2, 0.25) is 0 Å². The molecule has 31 heavy (non-hydrogen) atoms. The minimum Gasteiger partial charge on any atom is -0.339 e. The molecule has 0 aliphatic carbocycles. The van der Waals surface area contributed by atoms with Gasteiger partial charge in [-0.1, -0.05) is 30.3 Å². The SMILES string of the molecule is Cc1cc(-c2nc3cc(C(=O)N4CCCCC4)ccc3nc2-c2ccccc2)ccn1. The molecule has 1 amide bonds. The normalized spacial score (nSPS) is 14.0. The molecule has 0 N–H and O–H groups in total.